The molecule has 4 unspecified atom stereocenters. The van der Waals surface area contributed by atoms with Gasteiger partial charge >= 0.3 is 0 Å². The largest absolute Gasteiger partial charge is 0.394 e. The number of aliphatic hydroxyl groups excluding tert-OH is 12. The predicted octanol–water partition coefficient (Wildman–Crippen LogP) is -2.92. The van der Waals surface area contributed by atoms with E-state index in [-0.39, 0.29) is 60.1 Å². The number of methoxy groups -OCH3 is 1. The molecule has 4 aliphatic carbocycles. The fourth-order valence-corrected chi connectivity index (χ4v) is 13.3. The average molecular weight is 837 g/mol. The maximum atomic E-state index is 12.0. The molecule has 3 saturated heterocycles. The second-order valence-electron chi connectivity index (χ2n) is 19.2. The van der Waals surface area contributed by atoms with Gasteiger partial charge in [-0.15, -0.1) is 0 Å². The van der Waals surface area contributed by atoms with Crippen molar-refractivity contribution in [3.63, 3.8) is 0 Å². The van der Waals surface area contributed by atoms with E-state index in [1.807, 2.05) is 6.92 Å². The lowest BCUT2D eigenvalue weighted by molar-refractivity contribution is -0.398. The first-order chi connectivity index (χ1) is 27.3. The Balaban J connectivity index is 1.07. The summed E-state index contributed by atoms with van der Waals surface area (Å²) in [5.74, 6) is -1.10. The number of ether oxygens (including phenoxy) is 6. The summed E-state index contributed by atoms with van der Waals surface area (Å²) in [7, 11) is 1.65. The molecule has 0 amide bonds. The second kappa shape index (κ2) is 16.4. The van der Waals surface area contributed by atoms with Gasteiger partial charge in [-0.2, -0.15) is 0 Å². The third-order valence-electron chi connectivity index (χ3n) is 16.6. The summed E-state index contributed by atoms with van der Waals surface area (Å²) >= 11 is 0. The van der Waals surface area contributed by atoms with Crippen molar-refractivity contribution in [1.29, 1.82) is 0 Å². The molecule has 7 aliphatic rings. The maximum absolute atomic E-state index is 12.0. The molecule has 58 heavy (non-hydrogen) atoms. The van der Waals surface area contributed by atoms with Crippen LogP contribution in [0.2, 0.25) is 0 Å². The van der Waals surface area contributed by atoms with Crippen LogP contribution < -0.4 is 0 Å². The molecule has 4 saturated carbocycles. The van der Waals surface area contributed by atoms with Gasteiger partial charge < -0.3 is 89.7 Å². The Hall–Kier alpha value is -0.720. The van der Waals surface area contributed by atoms with Gasteiger partial charge in [0.15, 0.2) is 18.4 Å². The van der Waals surface area contributed by atoms with Gasteiger partial charge in [-0.1, -0.05) is 27.7 Å². The molecule has 7 fully saturated rings. The van der Waals surface area contributed by atoms with Gasteiger partial charge in [-0.05, 0) is 73.5 Å². The maximum Gasteiger partial charge on any atom is 0.187 e. The van der Waals surface area contributed by atoms with Crippen LogP contribution in [0, 0.1) is 46.3 Å². The molecule has 0 aromatic heterocycles. The van der Waals surface area contributed by atoms with E-state index >= 15 is 0 Å². The quantitative estimate of drug-likeness (QED) is 0.0928. The Kier molecular flexibility index (Phi) is 12.8. The lowest BCUT2D eigenvalue weighted by atomic mass is 9.41. The Morgan fingerprint density at radius 1 is 0.707 bits per heavy atom. The van der Waals surface area contributed by atoms with Crippen LogP contribution in [0.3, 0.4) is 0 Å². The summed E-state index contributed by atoms with van der Waals surface area (Å²) in [5.41, 5.74) is -3.36. The first kappa shape index (κ1) is 45.3. The van der Waals surface area contributed by atoms with Crippen molar-refractivity contribution in [2.45, 2.75) is 176 Å². The van der Waals surface area contributed by atoms with Crippen LogP contribution in [0.4, 0.5) is 0 Å². The third kappa shape index (κ3) is 6.67. The molecular weight excluding hydrogens is 768 g/mol. The summed E-state index contributed by atoms with van der Waals surface area (Å²) in [6.07, 6.45) is -18.1. The Morgan fingerprint density at radius 2 is 1.29 bits per heavy atom. The molecule has 25 atom stereocenters. The van der Waals surface area contributed by atoms with Crippen LogP contribution in [0.25, 0.3) is 0 Å². The highest BCUT2D eigenvalue weighted by molar-refractivity contribution is 5.23. The second-order valence-corrected chi connectivity index (χ2v) is 19.2. The predicted molar refractivity (Wildman–Crippen MR) is 197 cm³/mol. The van der Waals surface area contributed by atoms with Crippen molar-refractivity contribution in [2.75, 3.05) is 26.9 Å². The summed E-state index contributed by atoms with van der Waals surface area (Å²) in [6, 6.07) is 0. The van der Waals surface area contributed by atoms with Crippen molar-refractivity contribution < 1.29 is 89.7 Å². The lowest BCUT2D eigenvalue weighted by Crippen LogP contribution is -2.79. The van der Waals surface area contributed by atoms with Gasteiger partial charge in [0.25, 0.3) is 0 Å². The van der Waals surface area contributed by atoms with Crippen LogP contribution in [-0.4, -0.2) is 192 Å². The van der Waals surface area contributed by atoms with E-state index < -0.39 is 116 Å². The first-order valence-corrected chi connectivity index (χ1v) is 21.1. The van der Waals surface area contributed by atoms with E-state index in [0.717, 1.165) is 0 Å². The molecule has 0 aromatic rings. The zero-order valence-electron chi connectivity index (χ0n) is 34.0. The molecule has 18 heteroatoms. The topological polar surface area (TPSA) is 298 Å². The molecule has 0 aromatic carbocycles. The van der Waals surface area contributed by atoms with Crippen molar-refractivity contribution >= 4 is 0 Å². The number of hydrogen-bond acceptors (Lipinski definition) is 18. The molecule has 336 valence electrons. The zero-order chi connectivity index (χ0) is 42.4. The fourth-order valence-electron chi connectivity index (χ4n) is 13.3. The minimum atomic E-state index is -1.80. The third-order valence-corrected chi connectivity index (χ3v) is 16.6. The van der Waals surface area contributed by atoms with E-state index in [1.165, 1.54) is 0 Å². The number of hydrogen-bond donors (Lipinski definition) is 12. The number of rotatable bonds is 11. The highest BCUT2D eigenvalue weighted by Crippen LogP contribution is 2.72. The first-order valence-electron chi connectivity index (χ1n) is 21.1. The Bertz CT molecular complexity index is 1430. The minimum absolute atomic E-state index is 0.0162. The highest BCUT2D eigenvalue weighted by atomic mass is 16.7. The Morgan fingerprint density at radius 3 is 1.90 bits per heavy atom. The average Bonchev–Trinajstić information content (AvgIpc) is 3.67. The molecule has 3 aliphatic heterocycles. The van der Waals surface area contributed by atoms with Crippen LogP contribution in [0.15, 0.2) is 0 Å². The molecule has 0 bridgehead atoms. The SMILES string of the molecule is COC1(CC[C@@H](C)CO[C@@H]2O[C@H](CO)[C@@H](O)[C@H](O)[C@H]2O)OC2C[C@H]3[C@@H]4CC[C@]5(O[C@@H]6O[C@H](CO)[C@@H](O)[C@H](O)[C@H]6O)[C@@H](O)[C@@H](O)[C@@H](O)[C@@H](O)[C@]5(C)[C@H]4CC[C@]3(C)C2C1C. The van der Waals surface area contributed by atoms with Crippen molar-refractivity contribution in [1.82, 2.24) is 0 Å². The Labute approximate surface area is 338 Å². The molecule has 12 N–H and O–H groups in total. The van der Waals surface area contributed by atoms with Gasteiger partial charge in [-0.3, -0.25) is 0 Å². The summed E-state index contributed by atoms with van der Waals surface area (Å²) < 4.78 is 36.7. The zero-order valence-corrected chi connectivity index (χ0v) is 34.0. The van der Waals surface area contributed by atoms with E-state index in [4.69, 9.17) is 28.4 Å². The van der Waals surface area contributed by atoms with E-state index in [1.54, 1.807) is 14.0 Å². The van der Waals surface area contributed by atoms with Crippen LogP contribution in [0.1, 0.15) is 72.6 Å². The van der Waals surface area contributed by atoms with Crippen molar-refractivity contribution in [3.8, 4) is 0 Å². The summed E-state index contributed by atoms with van der Waals surface area (Å²) in [5, 5.41) is 128. The molecule has 3 heterocycles. The smallest absolute Gasteiger partial charge is 0.187 e. The molecule has 7 rings (SSSR count). The van der Waals surface area contributed by atoms with Gasteiger partial charge in [0.2, 0.25) is 0 Å². The van der Waals surface area contributed by atoms with Crippen LogP contribution in [0.5, 0.6) is 0 Å². The minimum Gasteiger partial charge on any atom is -0.394 e. The fraction of sp³-hybridized carbons (Fsp3) is 1.00. The monoisotopic (exact) mass is 836 g/mol. The van der Waals surface area contributed by atoms with Crippen LogP contribution in [-0.2, 0) is 28.4 Å². The van der Waals surface area contributed by atoms with Gasteiger partial charge in [0.05, 0.1) is 32.0 Å². The van der Waals surface area contributed by atoms with Gasteiger partial charge in [0, 0.05) is 24.9 Å². The molecule has 18 nitrogen and oxygen atoms in total. The highest BCUT2D eigenvalue weighted by Gasteiger charge is 2.76. The van der Waals surface area contributed by atoms with Gasteiger partial charge in [-0.25, -0.2) is 0 Å². The standard InChI is InChI=1S/C40H68O18/c1-16(15-54-35-31(49)27(45)25(43)22(13-41)55-35)6-11-40(53-5)17(2)24-21(57-40)12-20-18-7-10-39(58-36-32(50)28(46)26(44)23(14-42)56-36)34(52)30(48)29(47)33(51)38(39,4)19(18)8-9-37(20,24)3/h16-36,41-52H,6-15H2,1-5H3/t16-,17?,18-,19+,20+,21?,22-,23-,24?,25-,26-,27+,28+,29-,30+,31-,32-,33-,34+,35-,36+,37+,38+,39+,40?/m1/s1. The van der Waals surface area contributed by atoms with Crippen LogP contribution >= 0.6 is 0 Å². The van der Waals surface area contributed by atoms with Crippen molar-refractivity contribution in [2.24, 2.45) is 46.3 Å². The summed E-state index contributed by atoms with van der Waals surface area (Å²) in [6.45, 7) is 7.09. The van der Waals surface area contributed by atoms with E-state index in [0.29, 0.717) is 38.5 Å². The molecule has 0 spiro atoms. The lowest BCUT2D eigenvalue weighted by Gasteiger charge is -2.68. The van der Waals surface area contributed by atoms with E-state index in [9.17, 15) is 61.3 Å². The number of aliphatic hydroxyl groups is 12. The van der Waals surface area contributed by atoms with Crippen molar-refractivity contribution in [3.05, 3.63) is 0 Å². The number of fused-ring (bicyclic) bond motifs is 7. The van der Waals surface area contributed by atoms with E-state index in [2.05, 4.69) is 13.8 Å². The normalized spacial score (nSPS) is 57.3. The molecular formula is C40H68O18. The summed E-state index contributed by atoms with van der Waals surface area (Å²) in [4.78, 5) is 0. The van der Waals surface area contributed by atoms with Gasteiger partial charge in [0.1, 0.15) is 72.7 Å². The molecule has 0 radical (unpaired) electrons.